The van der Waals surface area contributed by atoms with E-state index < -0.39 is 0 Å². The van der Waals surface area contributed by atoms with E-state index in [1.807, 2.05) is 20.8 Å². The topological polar surface area (TPSA) is 66.9 Å². The van der Waals surface area contributed by atoms with E-state index in [0.29, 0.717) is 11.8 Å². The first-order valence-electron chi connectivity index (χ1n) is 5.61. The quantitative estimate of drug-likeness (QED) is 0.744. The number of thioether (sulfide) groups is 1. The van der Waals surface area contributed by atoms with Gasteiger partial charge in [-0.3, -0.25) is 4.79 Å². The van der Waals surface area contributed by atoms with Crippen molar-refractivity contribution in [3.8, 4) is 0 Å². The molecule has 96 valence electrons. The molecule has 7 heteroatoms. The summed E-state index contributed by atoms with van der Waals surface area (Å²) < 4.78 is 0.819. The first-order chi connectivity index (χ1) is 8.11. The minimum atomic E-state index is 0.0467. The van der Waals surface area contributed by atoms with E-state index in [1.165, 1.54) is 23.1 Å². The van der Waals surface area contributed by atoms with Crippen molar-refractivity contribution in [2.45, 2.75) is 37.6 Å². The first kappa shape index (κ1) is 14.2. The van der Waals surface area contributed by atoms with Crippen LogP contribution < -0.4 is 10.6 Å². The maximum absolute atomic E-state index is 11.4. The van der Waals surface area contributed by atoms with Crippen LogP contribution in [0, 0.1) is 0 Å². The number of amides is 1. The van der Waals surface area contributed by atoms with Gasteiger partial charge in [-0.2, -0.15) is 0 Å². The molecule has 0 aliphatic rings. The van der Waals surface area contributed by atoms with Gasteiger partial charge in [0.15, 0.2) is 4.34 Å². The van der Waals surface area contributed by atoms with Gasteiger partial charge in [0.25, 0.3) is 0 Å². The van der Waals surface area contributed by atoms with E-state index in [9.17, 15) is 4.79 Å². The number of rotatable bonds is 7. The second-order valence-corrected chi connectivity index (χ2v) is 6.01. The van der Waals surface area contributed by atoms with Gasteiger partial charge in [-0.05, 0) is 20.3 Å². The third-order valence-electron chi connectivity index (χ3n) is 1.72. The molecule has 2 N–H and O–H groups in total. The normalized spacial score (nSPS) is 10.6. The Kier molecular flexibility index (Phi) is 6.28. The number of nitrogens with one attached hydrogen (secondary N) is 2. The zero-order valence-corrected chi connectivity index (χ0v) is 12.0. The molecule has 0 bridgehead atoms. The Bertz CT molecular complexity index is 354. The van der Waals surface area contributed by atoms with Gasteiger partial charge in [-0.25, -0.2) is 0 Å². The third kappa shape index (κ3) is 5.88. The summed E-state index contributed by atoms with van der Waals surface area (Å²) in [4.78, 5) is 11.4. The number of carbonyl (C=O) groups is 1. The number of anilines is 1. The Hall–Kier alpha value is -0.820. The second kappa shape index (κ2) is 7.50. The Morgan fingerprint density at radius 1 is 1.47 bits per heavy atom. The molecule has 1 heterocycles. The lowest BCUT2D eigenvalue weighted by atomic mass is 10.4. The van der Waals surface area contributed by atoms with Gasteiger partial charge in [0.05, 0.1) is 5.75 Å². The lowest BCUT2D eigenvalue weighted by Gasteiger charge is -2.03. The number of carbonyl (C=O) groups excluding carboxylic acids is 1. The van der Waals surface area contributed by atoms with Crippen LogP contribution >= 0.6 is 23.1 Å². The largest absolute Gasteiger partial charge is 0.358 e. The van der Waals surface area contributed by atoms with Crippen molar-refractivity contribution in [3.05, 3.63) is 0 Å². The maximum atomic E-state index is 11.4. The SMILES string of the molecule is CCCNC(=O)CSc1nnc(NC(C)C)s1. The van der Waals surface area contributed by atoms with Crippen LogP contribution in [0.1, 0.15) is 27.2 Å². The molecule has 1 aromatic rings. The molecule has 0 radical (unpaired) electrons. The molecule has 0 aliphatic heterocycles. The van der Waals surface area contributed by atoms with Crippen LogP contribution in [0.3, 0.4) is 0 Å². The number of hydrogen-bond donors (Lipinski definition) is 2. The Balaban J connectivity index is 2.31. The molecular formula is C10H18N4OS2. The lowest BCUT2D eigenvalue weighted by molar-refractivity contribution is -0.118. The van der Waals surface area contributed by atoms with Crippen LogP contribution in [-0.4, -0.2) is 34.4 Å². The van der Waals surface area contributed by atoms with Gasteiger partial charge in [0, 0.05) is 12.6 Å². The van der Waals surface area contributed by atoms with Gasteiger partial charge < -0.3 is 10.6 Å². The summed E-state index contributed by atoms with van der Waals surface area (Å²) in [5, 5.41) is 14.8. The molecule has 17 heavy (non-hydrogen) atoms. The number of aromatic nitrogens is 2. The molecule has 0 spiro atoms. The van der Waals surface area contributed by atoms with Gasteiger partial charge in [-0.15, -0.1) is 10.2 Å². The van der Waals surface area contributed by atoms with Crippen LogP contribution in [0.25, 0.3) is 0 Å². The fourth-order valence-electron chi connectivity index (χ4n) is 1.02. The highest BCUT2D eigenvalue weighted by atomic mass is 32.2. The van der Waals surface area contributed by atoms with Crippen LogP contribution in [0.5, 0.6) is 0 Å². The van der Waals surface area contributed by atoms with Crippen molar-refractivity contribution >= 4 is 34.1 Å². The Morgan fingerprint density at radius 3 is 2.88 bits per heavy atom. The van der Waals surface area contributed by atoms with Crippen molar-refractivity contribution in [2.24, 2.45) is 0 Å². The van der Waals surface area contributed by atoms with Crippen molar-refractivity contribution in [1.29, 1.82) is 0 Å². The molecule has 1 aromatic heterocycles. The van der Waals surface area contributed by atoms with E-state index in [1.54, 1.807) is 0 Å². The Labute approximate surface area is 110 Å². The van der Waals surface area contributed by atoms with Crippen LogP contribution in [0.2, 0.25) is 0 Å². The summed E-state index contributed by atoms with van der Waals surface area (Å²) in [5.41, 5.74) is 0. The molecule has 0 aliphatic carbocycles. The fourth-order valence-corrected chi connectivity index (χ4v) is 2.74. The molecule has 1 rings (SSSR count). The van der Waals surface area contributed by atoms with Crippen molar-refractivity contribution in [3.63, 3.8) is 0 Å². The van der Waals surface area contributed by atoms with Gasteiger partial charge >= 0.3 is 0 Å². The zero-order chi connectivity index (χ0) is 12.7. The number of nitrogens with zero attached hydrogens (tertiary/aromatic N) is 2. The van der Waals surface area contributed by atoms with E-state index in [4.69, 9.17) is 0 Å². The van der Waals surface area contributed by atoms with E-state index in [2.05, 4.69) is 20.8 Å². The number of hydrogen-bond acceptors (Lipinski definition) is 6. The summed E-state index contributed by atoms with van der Waals surface area (Å²) in [7, 11) is 0. The average molecular weight is 274 g/mol. The summed E-state index contributed by atoms with van der Waals surface area (Å²) >= 11 is 2.90. The van der Waals surface area contributed by atoms with Crippen molar-refractivity contribution < 1.29 is 4.79 Å². The predicted octanol–water partition coefficient (Wildman–Crippen LogP) is 1.98. The fraction of sp³-hybridized carbons (Fsp3) is 0.700. The molecular weight excluding hydrogens is 256 g/mol. The minimum Gasteiger partial charge on any atom is -0.358 e. The highest BCUT2D eigenvalue weighted by molar-refractivity contribution is 8.01. The molecule has 5 nitrogen and oxygen atoms in total. The molecule has 1 amide bonds. The summed E-state index contributed by atoms with van der Waals surface area (Å²) in [5.74, 6) is 0.446. The zero-order valence-electron chi connectivity index (χ0n) is 10.3. The summed E-state index contributed by atoms with van der Waals surface area (Å²) in [6, 6.07) is 0.341. The smallest absolute Gasteiger partial charge is 0.230 e. The van der Waals surface area contributed by atoms with Gasteiger partial charge in [-0.1, -0.05) is 30.0 Å². The second-order valence-electron chi connectivity index (χ2n) is 3.81. The van der Waals surface area contributed by atoms with Crippen molar-refractivity contribution in [2.75, 3.05) is 17.6 Å². The molecule has 0 atom stereocenters. The van der Waals surface area contributed by atoms with Crippen LogP contribution in [-0.2, 0) is 4.79 Å². The molecule has 0 saturated heterocycles. The monoisotopic (exact) mass is 274 g/mol. The van der Waals surface area contributed by atoms with E-state index in [0.717, 1.165) is 22.4 Å². The van der Waals surface area contributed by atoms with Crippen LogP contribution in [0.15, 0.2) is 4.34 Å². The highest BCUT2D eigenvalue weighted by Gasteiger charge is 2.08. The molecule has 0 saturated carbocycles. The predicted molar refractivity (Wildman–Crippen MR) is 72.7 cm³/mol. The Morgan fingerprint density at radius 2 is 2.24 bits per heavy atom. The van der Waals surface area contributed by atoms with Gasteiger partial charge in [0.1, 0.15) is 0 Å². The van der Waals surface area contributed by atoms with E-state index >= 15 is 0 Å². The van der Waals surface area contributed by atoms with Gasteiger partial charge in [0.2, 0.25) is 11.0 Å². The minimum absolute atomic E-state index is 0.0467. The first-order valence-corrected chi connectivity index (χ1v) is 7.41. The standard InChI is InChI=1S/C10H18N4OS2/c1-4-5-11-8(15)6-16-10-14-13-9(17-10)12-7(2)3/h7H,4-6H2,1-3H3,(H,11,15)(H,12,13). The van der Waals surface area contributed by atoms with E-state index in [-0.39, 0.29) is 5.91 Å². The third-order valence-corrected chi connectivity index (χ3v) is 3.71. The van der Waals surface area contributed by atoms with Crippen LogP contribution in [0.4, 0.5) is 5.13 Å². The average Bonchev–Trinajstić information content (AvgIpc) is 2.70. The lowest BCUT2D eigenvalue weighted by Crippen LogP contribution is -2.25. The summed E-state index contributed by atoms with van der Waals surface area (Å²) in [6.07, 6.45) is 0.956. The highest BCUT2D eigenvalue weighted by Crippen LogP contribution is 2.25. The molecule has 0 unspecified atom stereocenters. The van der Waals surface area contributed by atoms with Crippen molar-refractivity contribution in [1.82, 2.24) is 15.5 Å². The molecule has 0 fully saturated rings. The molecule has 0 aromatic carbocycles. The summed E-state index contributed by atoms with van der Waals surface area (Å²) in [6.45, 7) is 6.86. The maximum Gasteiger partial charge on any atom is 0.230 e.